The Kier molecular flexibility index (Phi) is 6.91. The van der Waals surface area contributed by atoms with Crippen LogP contribution in [0.5, 0.6) is 0 Å². The zero-order chi connectivity index (χ0) is 24.3. The number of rotatable bonds is 8. The number of sulfonamides is 1. The molecule has 0 bridgehead atoms. The van der Waals surface area contributed by atoms with Crippen molar-refractivity contribution in [1.29, 1.82) is 0 Å². The number of nitrogens with one attached hydrogen (secondary N) is 1. The van der Waals surface area contributed by atoms with Crippen molar-refractivity contribution in [1.82, 2.24) is 4.98 Å². The number of halogens is 1. The molecule has 12 heteroatoms. The topological polar surface area (TPSA) is 117 Å². The molecular weight excluding hydrogens is 518 g/mol. The molecule has 3 aromatic carbocycles. The maximum absolute atomic E-state index is 13.6. The summed E-state index contributed by atoms with van der Waals surface area (Å²) in [6.45, 7) is -0.0667. The summed E-state index contributed by atoms with van der Waals surface area (Å²) < 4.78 is 61.3. The number of aromatic nitrogens is 1. The van der Waals surface area contributed by atoms with Crippen LogP contribution in [0.1, 0.15) is 5.56 Å². The van der Waals surface area contributed by atoms with E-state index in [1.54, 1.807) is 29.6 Å². The van der Waals surface area contributed by atoms with Crippen LogP contribution in [0.25, 0.3) is 11.3 Å². The highest BCUT2D eigenvalue weighted by Crippen LogP contribution is 2.33. The third-order valence-electron chi connectivity index (χ3n) is 4.69. The van der Waals surface area contributed by atoms with Crippen LogP contribution in [0.3, 0.4) is 0 Å². The molecule has 34 heavy (non-hydrogen) atoms. The van der Waals surface area contributed by atoms with Crippen LogP contribution < -0.4 is 9.03 Å². The molecule has 0 aliphatic carbocycles. The molecule has 0 radical (unpaired) electrons. The summed E-state index contributed by atoms with van der Waals surface area (Å²) in [5, 5.41) is 2.33. The van der Waals surface area contributed by atoms with Crippen molar-refractivity contribution in [2.45, 2.75) is 11.4 Å². The highest BCUT2D eigenvalue weighted by atomic mass is 35.5. The lowest BCUT2D eigenvalue weighted by atomic mass is 10.2. The minimum Gasteiger partial charge on any atom is -0.269 e. The van der Waals surface area contributed by atoms with Crippen molar-refractivity contribution in [3.8, 4) is 11.3 Å². The average Bonchev–Trinajstić information content (AvgIpc) is 3.28. The van der Waals surface area contributed by atoms with Gasteiger partial charge in [0.25, 0.3) is 10.0 Å². The Hall–Kier alpha value is -2.96. The quantitative estimate of drug-likeness (QED) is 0.304. The lowest BCUT2D eigenvalue weighted by Crippen LogP contribution is -2.30. The summed E-state index contributed by atoms with van der Waals surface area (Å²) in [6.07, 6.45) is 0. The predicted octanol–water partition coefficient (Wildman–Crippen LogP) is 5.07. The van der Waals surface area contributed by atoms with Gasteiger partial charge in [0.15, 0.2) is 5.13 Å². The molecule has 4 aromatic rings. The average molecular weight is 536 g/mol. The monoisotopic (exact) mass is 535 g/mol. The van der Waals surface area contributed by atoms with Gasteiger partial charge in [-0.25, -0.2) is 17.7 Å². The number of nitrogens with zero attached hydrogens (tertiary/aromatic N) is 2. The van der Waals surface area contributed by atoms with E-state index < -0.39 is 20.3 Å². The van der Waals surface area contributed by atoms with Crippen LogP contribution in [-0.4, -0.2) is 26.4 Å². The maximum Gasteiger partial charge on any atom is 0.357 e. The summed E-state index contributed by atoms with van der Waals surface area (Å²) in [7, 11) is -8.46. The van der Waals surface area contributed by atoms with E-state index in [-0.39, 0.29) is 27.3 Å². The Morgan fingerprint density at radius 3 is 2.29 bits per heavy atom. The van der Waals surface area contributed by atoms with Gasteiger partial charge in [-0.05, 0) is 35.9 Å². The van der Waals surface area contributed by atoms with Gasteiger partial charge in [0.05, 0.1) is 22.8 Å². The van der Waals surface area contributed by atoms with E-state index in [4.69, 9.17) is 16.2 Å². The van der Waals surface area contributed by atoms with E-state index in [2.05, 4.69) is 4.98 Å². The fraction of sp³-hybridized carbons (Fsp3) is 0.0455. The smallest absolute Gasteiger partial charge is 0.269 e. The highest BCUT2D eigenvalue weighted by molar-refractivity contribution is 7.93. The number of hydrogen-bond acceptors (Lipinski definition) is 6. The molecule has 0 unspecified atom stereocenters. The third-order valence-corrected chi connectivity index (χ3v) is 8.13. The Balaban J connectivity index is 1.72. The zero-order valence-electron chi connectivity index (χ0n) is 17.4. The Labute approximate surface area is 206 Å². The van der Waals surface area contributed by atoms with Crippen molar-refractivity contribution in [2.24, 2.45) is 0 Å². The van der Waals surface area contributed by atoms with Crippen molar-refractivity contribution in [2.75, 3.05) is 9.03 Å². The normalized spacial score (nSPS) is 11.8. The van der Waals surface area contributed by atoms with Gasteiger partial charge in [-0.3, -0.25) is 9.27 Å². The molecule has 0 aliphatic heterocycles. The first-order chi connectivity index (χ1) is 16.1. The van der Waals surface area contributed by atoms with E-state index in [9.17, 15) is 16.8 Å². The fourth-order valence-electron chi connectivity index (χ4n) is 3.12. The molecule has 1 heterocycles. The second-order valence-corrected chi connectivity index (χ2v) is 11.4. The minimum atomic E-state index is -4.42. The molecule has 0 saturated heterocycles. The Bertz CT molecular complexity index is 1510. The third kappa shape index (κ3) is 5.75. The molecule has 0 aliphatic rings. The molecule has 0 atom stereocenters. The van der Waals surface area contributed by atoms with Crippen molar-refractivity contribution in [3.05, 3.63) is 94.8 Å². The summed E-state index contributed by atoms with van der Waals surface area (Å²) in [6, 6.07) is 21.3. The highest BCUT2D eigenvalue weighted by Gasteiger charge is 2.28. The lowest BCUT2D eigenvalue weighted by molar-refractivity contribution is 0.489. The largest absolute Gasteiger partial charge is 0.357 e. The van der Waals surface area contributed by atoms with Crippen LogP contribution >= 0.6 is 22.9 Å². The molecule has 2 N–H and O–H groups in total. The van der Waals surface area contributed by atoms with E-state index >= 15 is 0 Å². The molecule has 0 saturated carbocycles. The first-order valence-electron chi connectivity index (χ1n) is 9.75. The van der Waals surface area contributed by atoms with Crippen LogP contribution in [0.4, 0.5) is 10.8 Å². The van der Waals surface area contributed by atoms with Gasteiger partial charge in [-0.15, -0.1) is 11.3 Å². The molecule has 0 amide bonds. The molecule has 0 spiro atoms. The van der Waals surface area contributed by atoms with Crippen molar-refractivity contribution >= 4 is 54.1 Å². The fourth-order valence-corrected chi connectivity index (χ4v) is 6.32. The predicted molar refractivity (Wildman–Crippen MR) is 134 cm³/mol. The van der Waals surface area contributed by atoms with Crippen molar-refractivity contribution in [3.63, 3.8) is 0 Å². The SMILES string of the molecule is O=S(=O)(O)Nc1ccc(CN(c2nc(-c3ccccc3)cs2)S(=O)(=O)c2cccc(Cl)c2)cc1. The van der Waals surface area contributed by atoms with E-state index in [1.165, 1.54) is 39.9 Å². The van der Waals surface area contributed by atoms with Crippen LogP contribution in [-0.2, 0) is 26.9 Å². The van der Waals surface area contributed by atoms with Gasteiger partial charge in [-0.2, -0.15) is 8.42 Å². The molecule has 176 valence electrons. The standard InChI is InChI=1S/C22H18ClN3O5S3/c23-18-7-4-8-20(13-18)33(27,28)26(14-16-9-11-19(12-10-16)25-34(29,30)31)22-24-21(15-32-22)17-5-2-1-3-6-17/h1-13,15,25H,14H2,(H,29,30,31). The number of hydrogen-bond donors (Lipinski definition) is 2. The van der Waals surface area contributed by atoms with Crippen LogP contribution in [0.2, 0.25) is 5.02 Å². The molecular formula is C22H18ClN3O5S3. The van der Waals surface area contributed by atoms with Crippen molar-refractivity contribution < 1.29 is 21.4 Å². The first-order valence-corrected chi connectivity index (χ1v) is 13.9. The van der Waals surface area contributed by atoms with Gasteiger partial charge >= 0.3 is 10.3 Å². The molecule has 1 aromatic heterocycles. The van der Waals surface area contributed by atoms with Gasteiger partial charge < -0.3 is 0 Å². The number of thiazole rings is 1. The summed E-state index contributed by atoms with van der Waals surface area (Å²) in [5.74, 6) is 0. The summed E-state index contributed by atoms with van der Waals surface area (Å²) >= 11 is 7.23. The van der Waals surface area contributed by atoms with E-state index in [0.717, 1.165) is 5.56 Å². The van der Waals surface area contributed by atoms with Gasteiger partial charge in [0.2, 0.25) is 0 Å². The molecule has 4 rings (SSSR count). The second kappa shape index (κ2) is 9.72. The van der Waals surface area contributed by atoms with E-state index in [1.807, 2.05) is 35.1 Å². The summed E-state index contributed by atoms with van der Waals surface area (Å²) in [5.41, 5.74) is 2.20. The zero-order valence-corrected chi connectivity index (χ0v) is 20.6. The minimum absolute atomic E-state index is 0.0149. The van der Waals surface area contributed by atoms with Crippen LogP contribution in [0, 0.1) is 0 Å². The van der Waals surface area contributed by atoms with Gasteiger partial charge in [0.1, 0.15) is 0 Å². The second-order valence-electron chi connectivity index (χ2n) is 7.12. The van der Waals surface area contributed by atoms with Gasteiger partial charge in [0, 0.05) is 16.0 Å². The van der Waals surface area contributed by atoms with E-state index in [0.29, 0.717) is 11.3 Å². The van der Waals surface area contributed by atoms with Crippen LogP contribution in [0.15, 0.2) is 89.1 Å². The lowest BCUT2D eigenvalue weighted by Gasteiger charge is -2.22. The Morgan fingerprint density at radius 2 is 1.65 bits per heavy atom. The molecule has 8 nitrogen and oxygen atoms in total. The summed E-state index contributed by atoms with van der Waals surface area (Å²) in [4.78, 5) is 4.58. The molecule has 0 fully saturated rings. The Morgan fingerprint density at radius 1 is 0.941 bits per heavy atom. The number of anilines is 2. The number of benzene rings is 3. The maximum atomic E-state index is 13.6. The van der Waals surface area contributed by atoms with Gasteiger partial charge in [-0.1, -0.05) is 60.1 Å². The first kappa shape index (κ1) is 24.2.